The number of aromatic nitrogens is 2. The molecule has 4 nitrogen and oxygen atoms in total. The summed E-state index contributed by atoms with van der Waals surface area (Å²) in [4.78, 5) is 20.3. The number of carbonyl (C=O) groups excluding carboxylic acids is 1. The molecule has 0 aromatic carbocycles. The molecular formula is C13H10N2O2. The average Bonchev–Trinajstić information content (AvgIpc) is 2.76. The van der Waals surface area contributed by atoms with Crippen LogP contribution in [0.1, 0.15) is 21.5 Å². The maximum atomic E-state index is 11.7. The van der Waals surface area contributed by atoms with Gasteiger partial charge in [-0.15, -0.1) is 0 Å². The Labute approximate surface area is 98.3 Å². The van der Waals surface area contributed by atoms with Gasteiger partial charge < -0.3 is 4.74 Å². The third-order valence-electron chi connectivity index (χ3n) is 2.94. The van der Waals surface area contributed by atoms with E-state index in [0.29, 0.717) is 12.0 Å². The van der Waals surface area contributed by atoms with Crippen molar-refractivity contribution in [3.8, 4) is 11.4 Å². The first-order valence-electron chi connectivity index (χ1n) is 5.31. The maximum absolute atomic E-state index is 11.7. The lowest BCUT2D eigenvalue weighted by Gasteiger charge is -2.04. The van der Waals surface area contributed by atoms with Crippen molar-refractivity contribution in [3.63, 3.8) is 0 Å². The van der Waals surface area contributed by atoms with E-state index in [9.17, 15) is 4.79 Å². The molecule has 1 aliphatic carbocycles. The second-order valence-electron chi connectivity index (χ2n) is 3.87. The van der Waals surface area contributed by atoms with E-state index in [1.807, 2.05) is 12.1 Å². The van der Waals surface area contributed by atoms with Crippen molar-refractivity contribution in [1.82, 2.24) is 9.97 Å². The van der Waals surface area contributed by atoms with Gasteiger partial charge in [-0.1, -0.05) is 6.07 Å². The summed E-state index contributed by atoms with van der Waals surface area (Å²) < 4.78 is 4.77. The zero-order valence-electron chi connectivity index (χ0n) is 9.30. The number of rotatable bonds is 1. The molecule has 84 valence electrons. The minimum Gasteiger partial charge on any atom is -0.465 e. The minimum atomic E-state index is -0.323. The Morgan fingerprint density at radius 2 is 2.06 bits per heavy atom. The number of hydrogen-bond acceptors (Lipinski definition) is 4. The van der Waals surface area contributed by atoms with Crippen molar-refractivity contribution in [2.24, 2.45) is 0 Å². The van der Waals surface area contributed by atoms with Gasteiger partial charge in [0.2, 0.25) is 0 Å². The molecule has 2 aromatic rings. The number of nitrogens with zero attached hydrogens (tertiary/aromatic N) is 2. The third-order valence-corrected chi connectivity index (χ3v) is 2.94. The molecule has 0 N–H and O–H groups in total. The minimum absolute atomic E-state index is 0.323. The number of carbonyl (C=O) groups is 1. The van der Waals surface area contributed by atoms with Gasteiger partial charge in [-0.2, -0.15) is 0 Å². The number of ether oxygens (including phenoxy) is 1. The summed E-state index contributed by atoms with van der Waals surface area (Å²) in [5, 5.41) is 0. The van der Waals surface area contributed by atoms with Gasteiger partial charge in [0.1, 0.15) is 0 Å². The molecule has 0 atom stereocenters. The lowest BCUT2D eigenvalue weighted by atomic mass is 10.1. The van der Waals surface area contributed by atoms with E-state index in [4.69, 9.17) is 4.74 Å². The van der Waals surface area contributed by atoms with Crippen molar-refractivity contribution in [2.75, 3.05) is 7.11 Å². The molecule has 3 rings (SSSR count). The molecule has 0 amide bonds. The summed E-state index contributed by atoms with van der Waals surface area (Å²) in [7, 11) is 1.38. The van der Waals surface area contributed by atoms with E-state index in [1.165, 1.54) is 7.11 Å². The van der Waals surface area contributed by atoms with Crippen LogP contribution in [0.15, 0.2) is 30.6 Å². The Morgan fingerprint density at radius 3 is 2.88 bits per heavy atom. The molecular weight excluding hydrogens is 216 g/mol. The number of esters is 1. The summed E-state index contributed by atoms with van der Waals surface area (Å²) in [5.41, 5.74) is 4.26. The highest BCUT2D eigenvalue weighted by Crippen LogP contribution is 2.34. The molecule has 17 heavy (non-hydrogen) atoms. The molecule has 0 aliphatic heterocycles. The smallest absolute Gasteiger partial charge is 0.338 e. The summed E-state index contributed by atoms with van der Waals surface area (Å²) >= 11 is 0. The Balaban J connectivity index is 2.20. The largest absolute Gasteiger partial charge is 0.465 e. The fourth-order valence-electron chi connectivity index (χ4n) is 2.16. The molecule has 0 fully saturated rings. The molecule has 0 radical (unpaired) electrons. The monoisotopic (exact) mass is 226 g/mol. The van der Waals surface area contributed by atoms with Gasteiger partial charge in [-0.3, -0.25) is 9.97 Å². The van der Waals surface area contributed by atoms with Crippen LogP contribution in [0.25, 0.3) is 11.4 Å². The van der Waals surface area contributed by atoms with Crippen LogP contribution in [-0.4, -0.2) is 23.0 Å². The van der Waals surface area contributed by atoms with Crippen LogP contribution < -0.4 is 0 Å². The zero-order chi connectivity index (χ0) is 11.8. The summed E-state index contributed by atoms with van der Waals surface area (Å²) in [6.07, 6.45) is 4.05. The second-order valence-corrected chi connectivity index (χ2v) is 3.87. The van der Waals surface area contributed by atoms with Crippen LogP contribution in [0.3, 0.4) is 0 Å². The standard InChI is InChI=1S/C13H10N2O2/c1-17-13(16)9-4-6-15-12-10(9)7-8-3-2-5-14-11(8)12/h2-6H,7H2,1H3. The average molecular weight is 226 g/mol. The van der Waals surface area contributed by atoms with E-state index >= 15 is 0 Å². The van der Waals surface area contributed by atoms with Crippen molar-refractivity contribution in [2.45, 2.75) is 6.42 Å². The normalized spacial score (nSPS) is 11.8. The van der Waals surface area contributed by atoms with Gasteiger partial charge in [-0.25, -0.2) is 4.79 Å². The van der Waals surface area contributed by atoms with Gasteiger partial charge >= 0.3 is 5.97 Å². The maximum Gasteiger partial charge on any atom is 0.338 e. The SMILES string of the molecule is COC(=O)c1ccnc2c1Cc1cccnc1-2. The highest BCUT2D eigenvalue weighted by Gasteiger charge is 2.25. The van der Waals surface area contributed by atoms with Crippen LogP contribution in [0, 0.1) is 0 Å². The summed E-state index contributed by atoms with van der Waals surface area (Å²) in [5.74, 6) is -0.323. The van der Waals surface area contributed by atoms with Gasteiger partial charge in [0, 0.05) is 18.8 Å². The molecule has 0 saturated carbocycles. The number of hydrogen-bond donors (Lipinski definition) is 0. The Morgan fingerprint density at radius 1 is 1.24 bits per heavy atom. The fraction of sp³-hybridized carbons (Fsp3) is 0.154. The molecule has 0 spiro atoms. The van der Waals surface area contributed by atoms with Crippen LogP contribution >= 0.6 is 0 Å². The predicted octanol–water partition coefficient (Wildman–Crippen LogP) is 1.83. The highest BCUT2D eigenvalue weighted by atomic mass is 16.5. The topological polar surface area (TPSA) is 52.1 Å². The van der Waals surface area contributed by atoms with Gasteiger partial charge in [-0.05, 0) is 23.3 Å². The van der Waals surface area contributed by atoms with Gasteiger partial charge in [0.15, 0.2) is 0 Å². The first-order valence-corrected chi connectivity index (χ1v) is 5.31. The molecule has 4 heteroatoms. The number of methoxy groups -OCH3 is 1. The Hall–Kier alpha value is -2.23. The van der Waals surface area contributed by atoms with Crippen LogP contribution in [-0.2, 0) is 11.2 Å². The molecule has 0 unspecified atom stereocenters. The summed E-state index contributed by atoms with van der Waals surface area (Å²) in [6.45, 7) is 0. The first kappa shape index (κ1) is 9.96. The van der Waals surface area contributed by atoms with Crippen molar-refractivity contribution in [3.05, 3.63) is 47.3 Å². The van der Waals surface area contributed by atoms with Gasteiger partial charge in [0.25, 0.3) is 0 Å². The van der Waals surface area contributed by atoms with Crippen molar-refractivity contribution < 1.29 is 9.53 Å². The Bertz CT molecular complexity index is 608. The Kier molecular flexibility index (Phi) is 2.14. The molecule has 2 aromatic heterocycles. The van der Waals surface area contributed by atoms with Crippen molar-refractivity contribution >= 4 is 5.97 Å². The highest BCUT2D eigenvalue weighted by molar-refractivity contribution is 5.94. The molecule has 0 bridgehead atoms. The second kappa shape index (κ2) is 3.66. The quantitative estimate of drug-likeness (QED) is 0.594. The number of pyridine rings is 2. The summed E-state index contributed by atoms with van der Waals surface area (Å²) in [6, 6.07) is 5.59. The van der Waals surface area contributed by atoms with E-state index < -0.39 is 0 Å². The number of fused-ring (bicyclic) bond motifs is 3. The lowest BCUT2D eigenvalue weighted by molar-refractivity contribution is 0.0599. The van der Waals surface area contributed by atoms with Crippen LogP contribution in [0.4, 0.5) is 0 Å². The first-order chi connectivity index (χ1) is 8.31. The van der Waals surface area contributed by atoms with E-state index in [-0.39, 0.29) is 5.97 Å². The third kappa shape index (κ3) is 1.41. The van der Waals surface area contributed by atoms with E-state index in [1.54, 1.807) is 18.5 Å². The van der Waals surface area contributed by atoms with Crippen LogP contribution in [0.5, 0.6) is 0 Å². The molecule has 2 heterocycles. The molecule has 1 aliphatic rings. The predicted molar refractivity (Wildman–Crippen MR) is 61.6 cm³/mol. The molecule has 0 saturated heterocycles. The van der Waals surface area contributed by atoms with Crippen LogP contribution in [0.2, 0.25) is 0 Å². The van der Waals surface area contributed by atoms with E-state index in [2.05, 4.69) is 9.97 Å². The van der Waals surface area contributed by atoms with Crippen molar-refractivity contribution in [1.29, 1.82) is 0 Å². The van der Waals surface area contributed by atoms with E-state index in [0.717, 1.165) is 22.5 Å². The van der Waals surface area contributed by atoms with Gasteiger partial charge in [0.05, 0.1) is 24.1 Å². The lowest BCUT2D eigenvalue weighted by Crippen LogP contribution is -2.05. The fourth-order valence-corrected chi connectivity index (χ4v) is 2.16. The zero-order valence-corrected chi connectivity index (χ0v) is 9.30.